The molecule has 2 rings (SSSR count). The first-order chi connectivity index (χ1) is 10.1. The molecule has 3 N–H and O–H groups in total. The third kappa shape index (κ3) is 3.83. The Balaban J connectivity index is 2.20. The van der Waals surface area contributed by atoms with Crippen molar-refractivity contribution >= 4 is 15.7 Å². The van der Waals surface area contributed by atoms with Crippen LogP contribution in [0.5, 0.6) is 0 Å². The number of nitrogens with one attached hydrogen (secondary N) is 1. The summed E-state index contributed by atoms with van der Waals surface area (Å²) in [6.07, 6.45) is 4.39. The highest BCUT2D eigenvalue weighted by Gasteiger charge is 2.17. The molecule has 0 bridgehead atoms. The first kappa shape index (κ1) is 15.5. The molecule has 1 heterocycles. The average molecular weight is 308 g/mol. The molecule has 0 fully saturated rings. The third-order valence-electron chi connectivity index (χ3n) is 3.15. The molecule has 7 heteroatoms. The van der Waals surface area contributed by atoms with Crippen molar-refractivity contribution in [3.05, 3.63) is 42.2 Å². The number of hydrogen-bond acceptors (Lipinski definition) is 4. The summed E-state index contributed by atoms with van der Waals surface area (Å²) in [6.45, 7) is 3.14. The van der Waals surface area contributed by atoms with Gasteiger partial charge in [0.2, 0.25) is 0 Å². The van der Waals surface area contributed by atoms with E-state index in [-0.39, 0.29) is 4.90 Å². The van der Waals surface area contributed by atoms with Crippen molar-refractivity contribution in [2.45, 2.75) is 31.2 Å². The van der Waals surface area contributed by atoms with E-state index < -0.39 is 10.0 Å². The molecule has 0 saturated heterocycles. The zero-order chi connectivity index (χ0) is 15.3. The molecule has 0 atom stereocenters. The summed E-state index contributed by atoms with van der Waals surface area (Å²) >= 11 is 0. The normalized spacial score (nSPS) is 11.5. The summed E-state index contributed by atoms with van der Waals surface area (Å²) in [5.41, 5.74) is 6.99. The zero-order valence-corrected chi connectivity index (χ0v) is 12.8. The number of benzene rings is 1. The minimum Gasteiger partial charge on any atom is -0.330 e. The SMILES string of the molecule is CCc1ccccc1NS(=O)(=O)c1cnn(CCCN)c1. The van der Waals surface area contributed by atoms with E-state index in [4.69, 9.17) is 5.73 Å². The maximum atomic E-state index is 12.4. The van der Waals surface area contributed by atoms with Crippen molar-refractivity contribution in [1.82, 2.24) is 9.78 Å². The molecule has 1 aromatic heterocycles. The van der Waals surface area contributed by atoms with Gasteiger partial charge in [0.1, 0.15) is 4.90 Å². The van der Waals surface area contributed by atoms with Gasteiger partial charge in [-0.1, -0.05) is 25.1 Å². The third-order valence-corrected chi connectivity index (χ3v) is 4.47. The molecule has 0 radical (unpaired) electrons. The first-order valence-electron chi connectivity index (χ1n) is 6.90. The number of sulfonamides is 1. The van der Waals surface area contributed by atoms with E-state index in [9.17, 15) is 8.42 Å². The first-order valence-corrected chi connectivity index (χ1v) is 8.38. The van der Waals surface area contributed by atoms with Crippen LogP contribution in [0.25, 0.3) is 0 Å². The lowest BCUT2D eigenvalue weighted by molar-refractivity contribution is 0.582. The Morgan fingerprint density at radius 3 is 2.81 bits per heavy atom. The smallest absolute Gasteiger partial charge is 0.265 e. The van der Waals surface area contributed by atoms with Gasteiger partial charge < -0.3 is 5.73 Å². The van der Waals surface area contributed by atoms with Crippen molar-refractivity contribution in [3.8, 4) is 0 Å². The second-order valence-electron chi connectivity index (χ2n) is 4.70. The summed E-state index contributed by atoms with van der Waals surface area (Å²) in [5.74, 6) is 0. The molecule has 1 aromatic carbocycles. The van der Waals surface area contributed by atoms with Crippen LogP contribution >= 0.6 is 0 Å². The van der Waals surface area contributed by atoms with E-state index in [0.29, 0.717) is 18.8 Å². The summed E-state index contributed by atoms with van der Waals surface area (Å²) in [4.78, 5) is 0.158. The second-order valence-corrected chi connectivity index (χ2v) is 6.38. The fourth-order valence-corrected chi connectivity index (χ4v) is 3.04. The Morgan fingerprint density at radius 1 is 1.33 bits per heavy atom. The fraction of sp³-hybridized carbons (Fsp3) is 0.357. The van der Waals surface area contributed by atoms with Crippen LogP contribution in [0.2, 0.25) is 0 Å². The van der Waals surface area contributed by atoms with Gasteiger partial charge in [-0.3, -0.25) is 9.40 Å². The Kier molecular flexibility index (Phi) is 4.98. The number of rotatable bonds is 7. The van der Waals surface area contributed by atoms with Gasteiger partial charge >= 0.3 is 0 Å². The molecular weight excluding hydrogens is 288 g/mol. The van der Waals surface area contributed by atoms with Crippen LogP contribution in [-0.4, -0.2) is 24.7 Å². The van der Waals surface area contributed by atoms with E-state index in [2.05, 4.69) is 9.82 Å². The van der Waals surface area contributed by atoms with Crippen LogP contribution in [0.1, 0.15) is 18.9 Å². The van der Waals surface area contributed by atoms with Crippen LogP contribution in [0.4, 0.5) is 5.69 Å². The Labute approximate surface area is 125 Å². The lowest BCUT2D eigenvalue weighted by Crippen LogP contribution is -2.13. The molecule has 6 nitrogen and oxygen atoms in total. The molecule has 0 aliphatic carbocycles. The monoisotopic (exact) mass is 308 g/mol. The number of para-hydroxylation sites is 1. The van der Waals surface area contributed by atoms with Crippen LogP contribution in [0.3, 0.4) is 0 Å². The minimum atomic E-state index is -3.61. The molecule has 0 amide bonds. The minimum absolute atomic E-state index is 0.158. The Morgan fingerprint density at radius 2 is 2.10 bits per heavy atom. The Bertz CT molecular complexity index is 695. The molecule has 21 heavy (non-hydrogen) atoms. The molecule has 0 spiro atoms. The quantitative estimate of drug-likeness (QED) is 0.813. The maximum Gasteiger partial charge on any atom is 0.265 e. The van der Waals surface area contributed by atoms with Crippen LogP contribution in [0, 0.1) is 0 Å². The lowest BCUT2D eigenvalue weighted by atomic mass is 10.1. The van der Waals surface area contributed by atoms with Crippen LogP contribution in [-0.2, 0) is 23.0 Å². The lowest BCUT2D eigenvalue weighted by Gasteiger charge is -2.10. The van der Waals surface area contributed by atoms with E-state index in [0.717, 1.165) is 18.4 Å². The van der Waals surface area contributed by atoms with E-state index in [1.807, 2.05) is 25.1 Å². The topological polar surface area (TPSA) is 90.0 Å². The number of hydrogen-bond donors (Lipinski definition) is 2. The number of nitrogens with zero attached hydrogens (tertiary/aromatic N) is 2. The highest BCUT2D eigenvalue weighted by atomic mass is 32.2. The fourth-order valence-electron chi connectivity index (χ4n) is 1.99. The van der Waals surface area contributed by atoms with Crippen molar-refractivity contribution in [2.75, 3.05) is 11.3 Å². The summed E-state index contributed by atoms with van der Waals surface area (Å²) < 4.78 is 28.9. The molecule has 114 valence electrons. The van der Waals surface area contributed by atoms with Crippen LogP contribution in [0.15, 0.2) is 41.6 Å². The summed E-state index contributed by atoms with van der Waals surface area (Å²) in [5, 5.41) is 4.05. The van der Waals surface area contributed by atoms with Crippen molar-refractivity contribution < 1.29 is 8.42 Å². The number of aryl methyl sites for hydroxylation is 2. The van der Waals surface area contributed by atoms with E-state index >= 15 is 0 Å². The van der Waals surface area contributed by atoms with Gasteiger partial charge in [0.15, 0.2) is 0 Å². The highest BCUT2D eigenvalue weighted by molar-refractivity contribution is 7.92. The second kappa shape index (κ2) is 6.73. The van der Waals surface area contributed by atoms with Gasteiger partial charge in [-0.15, -0.1) is 0 Å². The van der Waals surface area contributed by atoms with Gasteiger partial charge in [-0.05, 0) is 31.0 Å². The van der Waals surface area contributed by atoms with Gasteiger partial charge in [-0.25, -0.2) is 8.42 Å². The van der Waals surface area contributed by atoms with E-state index in [1.165, 1.54) is 12.4 Å². The number of aromatic nitrogens is 2. The van der Waals surface area contributed by atoms with Gasteiger partial charge in [0, 0.05) is 12.7 Å². The maximum absolute atomic E-state index is 12.4. The van der Waals surface area contributed by atoms with E-state index in [1.54, 1.807) is 10.7 Å². The molecule has 2 aromatic rings. The standard InChI is InChI=1S/C14H20N4O2S/c1-2-12-6-3-4-7-14(12)17-21(19,20)13-10-16-18(11-13)9-5-8-15/h3-4,6-7,10-11,17H,2,5,8-9,15H2,1H3. The Hall–Kier alpha value is -1.86. The predicted octanol–water partition coefficient (Wildman–Crippen LogP) is 1.60. The van der Waals surface area contributed by atoms with Crippen molar-refractivity contribution in [1.29, 1.82) is 0 Å². The molecule has 0 aliphatic heterocycles. The average Bonchev–Trinajstić information content (AvgIpc) is 2.95. The number of nitrogens with two attached hydrogens (primary N) is 1. The van der Waals surface area contributed by atoms with Crippen molar-refractivity contribution in [2.24, 2.45) is 5.73 Å². The van der Waals surface area contributed by atoms with Gasteiger partial charge in [-0.2, -0.15) is 5.10 Å². The summed E-state index contributed by atoms with van der Waals surface area (Å²) in [7, 11) is -3.61. The summed E-state index contributed by atoms with van der Waals surface area (Å²) in [6, 6.07) is 7.36. The molecule has 0 saturated carbocycles. The molecule has 0 aliphatic rings. The van der Waals surface area contributed by atoms with Gasteiger partial charge in [0.05, 0.1) is 11.9 Å². The zero-order valence-electron chi connectivity index (χ0n) is 12.0. The largest absolute Gasteiger partial charge is 0.330 e. The molecular formula is C14H20N4O2S. The van der Waals surface area contributed by atoms with Crippen molar-refractivity contribution in [3.63, 3.8) is 0 Å². The highest BCUT2D eigenvalue weighted by Crippen LogP contribution is 2.20. The predicted molar refractivity (Wildman–Crippen MR) is 82.5 cm³/mol. The van der Waals surface area contributed by atoms with Gasteiger partial charge in [0.25, 0.3) is 10.0 Å². The van der Waals surface area contributed by atoms with Crippen LogP contribution < -0.4 is 10.5 Å². The molecule has 0 unspecified atom stereocenters. The number of anilines is 1.